The molecule has 0 aromatic heterocycles. The highest BCUT2D eigenvalue weighted by Gasteiger charge is 2.48. The van der Waals surface area contributed by atoms with Gasteiger partial charge in [0.2, 0.25) is 10.0 Å². The third-order valence-electron chi connectivity index (χ3n) is 4.91. The smallest absolute Gasteiger partial charge is 0.243 e. The van der Waals surface area contributed by atoms with Crippen LogP contribution in [-0.2, 0) is 10.0 Å². The summed E-state index contributed by atoms with van der Waals surface area (Å²) in [6, 6.07) is 17.8. The molecular weight excluding hydrogens is 308 g/mol. The molecule has 2 bridgehead atoms. The fourth-order valence-electron chi connectivity index (χ4n) is 3.71. The van der Waals surface area contributed by atoms with Crippen LogP contribution < -0.4 is 4.90 Å². The quantitative estimate of drug-likeness (QED) is 0.870. The fourth-order valence-corrected chi connectivity index (χ4v) is 5.37. The summed E-state index contributed by atoms with van der Waals surface area (Å²) in [5.74, 6) is 0. The predicted octanol–water partition coefficient (Wildman–Crippen LogP) is 2.65. The summed E-state index contributed by atoms with van der Waals surface area (Å²) in [4.78, 5) is 2.74. The van der Waals surface area contributed by atoms with Gasteiger partial charge in [0, 0.05) is 30.9 Å². The second kappa shape index (κ2) is 5.35. The highest BCUT2D eigenvalue weighted by Crippen LogP contribution is 2.37. The number of hydrogen-bond donors (Lipinski definition) is 0. The van der Waals surface area contributed by atoms with E-state index in [-0.39, 0.29) is 12.1 Å². The van der Waals surface area contributed by atoms with Crippen molar-refractivity contribution >= 4 is 15.7 Å². The van der Waals surface area contributed by atoms with Crippen LogP contribution in [0.25, 0.3) is 0 Å². The van der Waals surface area contributed by atoms with Crippen molar-refractivity contribution in [1.29, 1.82) is 0 Å². The number of benzene rings is 2. The molecular formula is C18H20N2O2S. The molecule has 2 unspecified atom stereocenters. The van der Waals surface area contributed by atoms with E-state index >= 15 is 0 Å². The number of rotatable bonds is 3. The van der Waals surface area contributed by atoms with Crippen LogP contribution >= 0.6 is 0 Å². The van der Waals surface area contributed by atoms with Crippen molar-refractivity contribution in [2.24, 2.45) is 0 Å². The molecule has 2 atom stereocenters. The fraction of sp³-hybridized carbons (Fsp3) is 0.333. The minimum absolute atomic E-state index is 0.0755. The summed E-state index contributed by atoms with van der Waals surface area (Å²) in [5, 5.41) is 0. The molecule has 0 aliphatic carbocycles. The molecule has 2 saturated heterocycles. The number of sulfonamides is 1. The van der Waals surface area contributed by atoms with Crippen molar-refractivity contribution in [2.45, 2.75) is 30.3 Å². The van der Waals surface area contributed by atoms with Crippen molar-refractivity contribution in [3.05, 3.63) is 60.2 Å². The molecule has 4 nitrogen and oxygen atoms in total. The first-order chi connectivity index (χ1) is 11.1. The van der Waals surface area contributed by atoms with E-state index in [0.29, 0.717) is 11.4 Å². The van der Waals surface area contributed by atoms with E-state index in [1.807, 2.05) is 37.3 Å². The van der Waals surface area contributed by atoms with Crippen LogP contribution in [0.15, 0.2) is 59.5 Å². The van der Waals surface area contributed by atoms with Crippen molar-refractivity contribution in [3.63, 3.8) is 0 Å². The van der Waals surface area contributed by atoms with Crippen LogP contribution in [0.4, 0.5) is 5.69 Å². The lowest BCUT2D eigenvalue weighted by Crippen LogP contribution is -2.48. The van der Waals surface area contributed by atoms with Gasteiger partial charge in [-0.15, -0.1) is 0 Å². The molecule has 2 aromatic carbocycles. The topological polar surface area (TPSA) is 40.6 Å². The molecule has 0 radical (unpaired) electrons. The van der Waals surface area contributed by atoms with Gasteiger partial charge >= 0.3 is 0 Å². The average Bonchev–Trinajstić information content (AvgIpc) is 3.17. The second-order valence-corrected chi connectivity index (χ2v) is 8.31. The summed E-state index contributed by atoms with van der Waals surface area (Å²) in [6.07, 6.45) is 0.917. The Morgan fingerprint density at radius 3 is 2.22 bits per heavy atom. The lowest BCUT2D eigenvalue weighted by atomic mass is 10.2. The van der Waals surface area contributed by atoms with E-state index in [9.17, 15) is 8.42 Å². The van der Waals surface area contributed by atoms with Crippen LogP contribution in [0.5, 0.6) is 0 Å². The Morgan fingerprint density at radius 2 is 1.61 bits per heavy atom. The maximum absolute atomic E-state index is 12.9. The number of piperazine rings is 1. The number of nitrogens with zero attached hydrogens (tertiary/aromatic N) is 2. The summed E-state index contributed by atoms with van der Waals surface area (Å²) in [7, 11) is -3.39. The zero-order valence-electron chi connectivity index (χ0n) is 13.1. The first-order valence-electron chi connectivity index (χ1n) is 7.96. The highest BCUT2D eigenvalue weighted by atomic mass is 32.2. The van der Waals surface area contributed by atoms with Gasteiger partial charge in [-0.3, -0.25) is 0 Å². The number of anilines is 1. The lowest BCUT2D eigenvalue weighted by Gasteiger charge is -2.35. The zero-order chi connectivity index (χ0) is 16.0. The standard InChI is InChI=1S/C18H20N2O2S/c1-14-7-9-18(10-8-14)23(21,22)20-13-16-11-17(20)12-19(16)15-5-3-2-4-6-15/h2-10,16-17H,11-13H2,1H3. The summed E-state index contributed by atoms with van der Waals surface area (Å²) in [5.41, 5.74) is 2.26. The second-order valence-electron chi connectivity index (χ2n) is 6.42. The van der Waals surface area contributed by atoms with Crippen LogP contribution in [-0.4, -0.2) is 37.9 Å². The molecule has 120 valence electrons. The summed E-state index contributed by atoms with van der Waals surface area (Å²) >= 11 is 0. The van der Waals surface area contributed by atoms with Crippen LogP contribution in [0.3, 0.4) is 0 Å². The van der Waals surface area contributed by atoms with Crippen molar-refractivity contribution < 1.29 is 8.42 Å². The molecule has 5 heteroatoms. The normalized spacial score (nSPS) is 24.3. The third-order valence-corrected chi connectivity index (χ3v) is 6.84. The number of hydrogen-bond acceptors (Lipinski definition) is 3. The highest BCUT2D eigenvalue weighted by molar-refractivity contribution is 7.89. The van der Waals surface area contributed by atoms with Crippen LogP contribution in [0, 0.1) is 6.92 Å². The monoisotopic (exact) mass is 328 g/mol. The zero-order valence-corrected chi connectivity index (χ0v) is 13.9. The molecule has 0 N–H and O–H groups in total. The SMILES string of the molecule is Cc1ccc(S(=O)(=O)N2CC3CC2CN3c2ccccc2)cc1. The first kappa shape index (κ1) is 14.7. The molecule has 23 heavy (non-hydrogen) atoms. The lowest BCUT2D eigenvalue weighted by molar-refractivity contribution is 0.368. The molecule has 0 spiro atoms. The Hall–Kier alpha value is -1.85. The minimum Gasteiger partial charge on any atom is -0.366 e. The van der Waals surface area contributed by atoms with Gasteiger partial charge in [-0.05, 0) is 37.6 Å². The van der Waals surface area contributed by atoms with Gasteiger partial charge in [-0.25, -0.2) is 8.42 Å². The van der Waals surface area contributed by atoms with Gasteiger partial charge < -0.3 is 4.90 Å². The van der Waals surface area contributed by atoms with Crippen molar-refractivity contribution in [2.75, 3.05) is 18.0 Å². The first-order valence-corrected chi connectivity index (χ1v) is 9.40. The number of para-hydroxylation sites is 1. The summed E-state index contributed by atoms with van der Waals surface area (Å²) < 4.78 is 27.5. The van der Waals surface area contributed by atoms with Crippen molar-refractivity contribution in [1.82, 2.24) is 4.31 Å². The van der Waals surface area contributed by atoms with E-state index in [0.717, 1.165) is 18.5 Å². The molecule has 4 rings (SSSR count). The van der Waals surface area contributed by atoms with E-state index in [2.05, 4.69) is 17.0 Å². The van der Waals surface area contributed by atoms with E-state index in [1.54, 1.807) is 16.4 Å². The maximum Gasteiger partial charge on any atom is 0.243 e. The number of aryl methyl sites for hydroxylation is 1. The van der Waals surface area contributed by atoms with Crippen LogP contribution in [0.1, 0.15) is 12.0 Å². The Balaban J connectivity index is 1.57. The van der Waals surface area contributed by atoms with Gasteiger partial charge in [0.05, 0.1) is 4.90 Å². The summed E-state index contributed by atoms with van der Waals surface area (Å²) in [6.45, 7) is 3.32. The van der Waals surface area contributed by atoms with E-state index < -0.39 is 10.0 Å². The van der Waals surface area contributed by atoms with E-state index in [1.165, 1.54) is 5.69 Å². The molecule has 2 heterocycles. The molecule has 0 amide bonds. The molecule has 2 fully saturated rings. The molecule has 2 aliphatic heterocycles. The third kappa shape index (κ3) is 2.44. The predicted molar refractivity (Wildman–Crippen MR) is 91.1 cm³/mol. The minimum atomic E-state index is -3.39. The van der Waals surface area contributed by atoms with Gasteiger partial charge in [0.1, 0.15) is 0 Å². The molecule has 2 aliphatic rings. The Bertz CT molecular complexity index is 803. The molecule has 0 saturated carbocycles. The van der Waals surface area contributed by atoms with Crippen molar-refractivity contribution in [3.8, 4) is 0 Å². The van der Waals surface area contributed by atoms with Gasteiger partial charge in [-0.2, -0.15) is 4.31 Å². The Kier molecular flexibility index (Phi) is 3.43. The van der Waals surface area contributed by atoms with E-state index in [4.69, 9.17) is 0 Å². The van der Waals surface area contributed by atoms with Gasteiger partial charge in [0.25, 0.3) is 0 Å². The van der Waals surface area contributed by atoms with Crippen LogP contribution in [0.2, 0.25) is 0 Å². The Morgan fingerprint density at radius 1 is 0.913 bits per heavy atom. The van der Waals surface area contributed by atoms with Gasteiger partial charge in [0.15, 0.2) is 0 Å². The van der Waals surface area contributed by atoms with Gasteiger partial charge in [-0.1, -0.05) is 35.9 Å². The average molecular weight is 328 g/mol. The Labute approximate surface area is 137 Å². The number of fused-ring (bicyclic) bond motifs is 2. The molecule has 2 aromatic rings. The maximum atomic E-state index is 12.9. The largest absolute Gasteiger partial charge is 0.366 e.